The van der Waals surface area contributed by atoms with Crippen LogP contribution in [0.15, 0.2) is 0 Å². The average Bonchev–Trinajstić information content (AvgIpc) is 2.22. The monoisotopic (exact) mass is 211 g/mol. The molecule has 2 fully saturated rings. The van der Waals surface area contributed by atoms with E-state index in [1.807, 2.05) is 0 Å². The lowest BCUT2D eigenvalue weighted by molar-refractivity contribution is 0.116. The van der Waals surface area contributed by atoms with Gasteiger partial charge in [0.1, 0.15) is 0 Å². The quantitative estimate of drug-likeness (QED) is 0.730. The van der Waals surface area contributed by atoms with E-state index >= 15 is 0 Å². The first kappa shape index (κ1) is 11.4. The molecule has 0 amide bonds. The van der Waals surface area contributed by atoms with Crippen LogP contribution in [-0.4, -0.2) is 24.8 Å². The number of aliphatic hydroxyl groups is 1. The molecule has 1 aliphatic carbocycles. The van der Waals surface area contributed by atoms with Crippen molar-refractivity contribution in [1.29, 1.82) is 0 Å². The highest BCUT2D eigenvalue weighted by molar-refractivity contribution is 4.86. The van der Waals surface area contributed by atoms with Crippen molar-refractivity contribution in [2.45, 2.75) is 44.9 Å². The lowest BCUT2D eigenvalue weighted by atomic mass is 9.70. The van der Waals surface area contributed by atoms with Crippen LogP contribution < -0.4 is 5.32 Å². The molecule has 1 heterocycles. The molecule has 2 N–H and O–H groups in total. The van der Waals surface area contributed by atoms with Crippen LogP contribution in [0.2, 0.25) is 0 Å². The Kier molecular flexibility index (Phi) is 4.45. The number of hydrogen-bond acceptors (Lipinski definition) is 2. The molecule has 2 aliphatic rings. The van der Waals surface area contributed by atoms with Gasteiger partial charge in [-0.25, -0.2) is 0 Å². The second kappa shape index (κ2) is 5.86. The van der Waals surface area contributed by atoms with Gasteiger partial charge in [-0.3, -0.25) is 0 Å². The smallest absolute Gasteiger partial charge is 0.0431 e. The summed E-state index contributed by atoms with van der Waals surface area (Å²) in [5.41, 5.74) is 0. The second-order valence-electron chi connectivity index (χ2n) is 5.35. The Morgan fingerprint density at radius 3 is 2.33 bits per heavy atom. The molecule has 0 spiro atoms. The molecule has 0 bridgehead atoms. The standard InChI is InChI=1S/C13H25NO/c15-8-4-7-13(12-9-14-10-12)11-5-2-1-3-6-11/h11-15H,1-10H2. The molecular formula is C13H25NO. The molecule has 1 aliphatic heterocycles. The summed E-state index contributed by atoms with van der Waals surface area (Å²) in [7, 11) is 0. The maximum absolute atomic E-state index is 8.97. The molecule has 1 saturated heterocycles. The predicted octanol–water partition coefficient (Wildman–Crippen LogP) is 2.17. The molecule has 1 atom stereocenters. The van der Waals surface area contributed by atoms with Gasteiger partial charge in [0.05, 0.1) is 0 Å². The molecule has 0 radical (unpaired) electrons. The van der Waals surface area contributed by atoms with Crippen LogP contribution in [0.5, 0.6) is 0 Å². The van der Waals surface area contributed by atoms with E-state index in [-0.39, 0.29) is 0 Å². The molecule has 1 saturated carbocycles. The highest BCUT2D eigenvalue weighted by Gasteiger charge is 2.33. The van der Waals surface area contributed by atoms with Crippen molar-refractivity contribution in [3.63, 3.8) is 0 Å². The van der Waals surface area contributed by atoms with Gasteiger partial charge in [-0.1, -0.05) is 32.1 Å². The lowest BCUT2D eigenvalue weighted by Gasteiger charge is -2.41. The third-order valence-electron chi connectivity index (χ3n) is 4.37. The fourth-order valence-corrected chi connectivity index (χ4v) is 3.36. The summed E-state index contributed by atoms with van der Waals surface area (Å²) in [5.74, 6) is 2.79. The van der Waals surface area contributed by atoms with Crippen molar-refractivity contribution in [2.75, 3.05) is 19.7 Å². The average molecular weight is 211 g/mol. The Morgan fingerprint density at radius 1 is 1.07 bits per heavy atom. The van der Waals surface area contributed by atoms with E-state index in [9.17, 15) is 0 Å². The lowest BCUT2D eigenvalue weighted by Crippen LogP contribution is -2.48. The molecular weight excluding hydrogens is 186 g/mol. The summed E-state index contributed by atoms with van der Waals surface area (Å²) < 4.78 is 0. The summed E-state index contributed by atoms with van der Waals surface area (Å²) in [4.78, 5) is 0. The van der Waals surface area contributed by atoms with Crippen LogP contribution in [0.3, 0.4) is 0 Å². The SMILES string of the molecule is OCCCC(C1CCCCC1)C1CNC1. The van der Waals surface area contributed by atoms with Gasteiger partial charge in [0.25, 0.3) is 0 Å². The minimum absolute atomic E-state index is 0.378. The van der Waals surface area contributed by atoms with E-state index in [1.165, 1.54) is 51.6 Å². The second-order valence-corrected chi connectivity index (χ2v) is 5.35. The van der Waals surface area contributed by atoms with Crippen molar-refractivity contribution in [1.82, 2.24) is 5.32 Å². The normalized spacial score (nSPS) is 26.2. The first-order valence-electron chi connectivity index (χ1n) is 6.73. The highest BCUT2D eigenvalue weighted by atomic mass is 16.2. The van der Waals surface area contributed by atoms with E-state index in [0.29, 0.717) is 6.61 Å². The third kappa shape index (κ3) is 2.94. The summed E-state index contributed by atoms with van der Waals surface area (Å²) in [6.07, 6.45) is 9.51. The Balaban J connectivity index is 1.84. The maximum Gasteiger partial charge on any atom is 0.0431 e. The highest BCUT2D eigenvalue weighted by Crippen LogP contribution is 2.37. The number of rotatable bonds is 5. The summed E-state index contributed by atoms with van der Waals surface area (Å²) in [6, 6.07) is 0. The van der Waals surface area contributed by atoms with Crippen LogP contribution in [0.25, 0.3) is 0 Å². The van der Waals surface area contributed by atoms with Crippen molar-refractivity contribution >= 4 is 0 Å². The van der Waals surface area contributed by atoms with Crippen LogP contribution in [0.1, 0.15) is 44.9 Å². The van der Waals surface area contributed by atoms with Gasteiger partial charge < -0.3 is 10.4 Å². The van der Waals surface area contributed by atoms with Crippen LogP contribution in [0, 0.1) is 17.8 Å². The Morgan fingerprint density at radius 2 is 1.80 bits per heavy atom. The molecule has 2 nitrogen and oxygen atoms in total. The van der Waals surface area contributed by atoms with Crippen LogP contribution in [-0.2, 0) is 0 Å². The molecule has 88 valence electrons. The number of hydrogen-bond donors (Lipinski definition) is 2. The van der Waals surface area contributed by atoms with Crippen molar-refractivity contribution in [3.05, 3.63) is 0 Å². The van der Waals surface area contributed by atoms with Gasteiger partial charge in [0.15, 0.2) is 0 Å². The van der Waals surface area contributed by atoms with E-state index in [0.717, 1.165) is 24.2 Å². The zero-order valence-corrected chi connectivity index (χ0v) is 9.75. The topological polar surface area (TPSA) is 32.3 Å². The summed E-state index contributed by atoms with van der Waals surface area (Å²) >= 11 is 0. The van der Waals surface area contributed by atoms with Gasteiger partial charge in [-0.15, -0.1) is 0 Å². The molecule has 0 aromatic heterocycles. The Labute approximate surface area is 93.5 Å². The van der Waals surface area contributed by atoms with Crippen molar-refractivity contribution in [2.24, 2.45) is 17.8 Å². The summed E-state index contributed by atoms with van der Waals surface area (Å²) in [6.45, 7) is 2.84. The van der Waals surface area contributed by atoms with E-state index < -0.39 is 0 Å². The third-order valence-corrected chi connectivity index (χ3v) is 4.37. The maximum atomic E-state index is 8.97. The van der Waals surface area contributed by atoms with Gasteiger partial charge in [-0.05, 0) is 43.7 Å². The zero-order chi connectivity index (χ0) is 10.5. The van der Waals surface area contributed by atoms with E-state index in [4.69, 9.17) is 5.11 Å². The number of aliphatic hydroxyl groups excluding tert-OH is 1. The largest absolute Gasteiger partial charge is 0.396 e. The van der Waals surface area contributed by atoms with Crippen molar-refractivity contribution in [3.8, 4) is 0 Å². The number of nitrogens with one attached hydrogen (secondary N) is 1. The minimum atomic E-state index is 0.378. The first-order chi connectivity index (χ1) is 7.42. The fraction of sp³-hybridized carbons (Fsp3) is 1.00. The fourth-order valence-electron chi connectivity index (χ4n) is 3.36. The first-order valence-corrected chi connectivity index (χ1v) is 6.73. The van der Waals surface area contributed by atoms with Gasteiger partial charge in [-0.2, -0.15) is 0 Å². The summed E-state index contributed by atoms with van der Waals surface area (Å²) in [5, 5.41) is 12.4. The van der Waals surface area contributed by atoms with Gasteiger partial charge in [0, 0.05) is 6.61 Å². The Hall–Kier alpha value is -0.0800. The van der Waals surface area contributed by atoms with Gasteiger partial charge in [0.2, 0.25) is 0 Å². The molecule has 2 rings (SSSR count). The minimum Gasteiger partial charge on any atom is -0.396 e. The van der Waals surface area contributed by atoms with Crippen LogP contribution in [0.4, 0.5) is 0 Å². The molecule has 2 heteroatoms. The molecule has 0 aromatic carbocycles. The van der Waals surface area contributed by atoms with E-state index in [1.54, 1.807) is 0 Å². The van der Waals surface area contributed by atoms with E-state index in [2.05, 4.69) is 5.32 Å². The molecule has 15 heavy (non-hydrogen) atoms. The molecule has 0 aromatic rings. The van der Waals surface area contributed by atoms with Gasteiger partial charge >= 0.3 is 0 Å². The predicted molar refractivity (Wildman–Crippen MR) is 62.7 cm³/mol. The zero-order valence-electron chi connectivity index (χ0n) is 9.75. The van der Waals surface area contributed by atoms with Crippen LogP contribution >= 0.6 is 0 Å². The Bertz CT molecular complexity index is 173. The molecule has 1 unspecified atom stereocenters. The van der Waals surface area contributed by atoms with Crippen molar-refractivity contribution < 1.29 is 5.11 Å².